The fourth-order valence-electron chi connectivity index (χ4n) is 3.57. The zero-order chi connectivity index (χ0) is 19.8. The summed E-state index contributed by atoms with van der Waals surface area (Å²) in [5.41, 5.74) is 6.80. The number of likely N-dealkylation sites (tertiary alicyclic amines) is 1. The zero-order valence-corrected chi connectivity index (χ0v) is 15.5. The molecule has 7 heteroatoms. The summed E-state index contributed by atoms with van der Waals surface area (Å²) in [4.78, 5) is 19.9. The molecule has 1 aromatic rings. The highest BCUT2D eigenvalue weighted by Crippen LogP contribution is 2.36. The van der Waals surface area contributed by atoms with Gasteiger partial charge >= 0.3 is 0 Å². The molecule has 144 valence electrons. The van der Waals surface area contributed by atoms with Gasteiger partial charge in [0.1, 0.15) is 5.82 Å². The van der Waals surface area contributed by atoms with Crippen LogP contribution in [-0.4, -0.2) is 48.1 Å². The lowest BCUT2D eigenvalue weighted by Gasteiger charge is -2.36. The SMILES string of the molecule is C=C(/N=C\C=C(/C)C(C)(F)F)N1CC2CC1CN2c1ccc(C(N)=O)cc1. The van der Waals surface area contributed by atoms with Gasteiger partial charge in [-0.1, -0.05) is 6.58 Å². The van der Waals surface area contributed by atoms with E-state index < -0.39 is 11.8 Å². The third kappa shape index (κ3) is 4.02. The molecule has 5 nitrogen and oxygen atoms in total. The molecule has 0 radical (unpaired) electrons. The van der Waals surface area contributed by atoms with Crippen molar-refractivity contribution >= 4 is 17.8 Å². The van der Waals surface area contributed by atoms with Crippen molar-refractivity contribution in [3.63, 3.8) is 0 Å². The number of nitrogens with zero attached hydrogens (tertiary/aromatic N) is 3. The van der Waals surface area contributed by atoms with Gasteiger partial charge in [0.05, 0.1) is 0 Å². The topological polar surface area (TPSA) is 61.9 Å². The fraction of sp³-hybridized carbons (Fsp3) is 0.400. The van der Waals surface area contributed by atoms with Crippen LogP contribution in [0.1, 0.15) is 30.6 Å². The second-order valence-electron chi connectivity index (χ2n) is 7.19. The van der Waals surface area contributed by atoms with Crippen molar-refractivity contribution in [1.29, 1.82) is 0 Å². The monoisotopic (exact) mass is 374 g/mol. The molecule has 0 aromatic heterocycles. The predicted molar refractivity (Wildman–Crippen MR) is 103 cm³/mol. The zero-order valence-electron chi connectivity index (χ0n) is 15.5. The summed E-state index contributed by atoms with van der Waals surface area (Å²) in [7, 11) is 0. The number of piperazine rings is 1. The lowest BCUT2D eigenvalue weighted by Crippen LogP contribution is -2.45. The number of primary amides is 1. The molecule has 0 aliphatic carbocycles. The van der Waals surface area contributed by atoms with Crippen LogP contribution >= 0.6 is 0 Å². The number of anilines is 1. The molecular weight excluding hydrogens is 350 g/mol. The first kappa shape index (κ1) is 19.1. The molecule has 3 rings (SSSR count). The summed E-state index contributed by atoms with van der Waals surface area (Å²) in [5.74, 6) is -2.69. The maximum Gasteiger partial charge on any atom is 0.266 e. The maximum atomic E-state index is 13.1. The summed E-state index contributed by atoms with van der Waals surface area (Å²) in [6.07, 6.45) is 3.71. The maximum absolute atomic E-state index is 13.1. The molecule has 2 saturated heterocycles. The standard InChI is InChI=1S/C20H24F2N4O/c1-13(20(3,21)22)8-9-24-14(2)25-11-18-10-17(25)12-26(18)16-6-4-15(5-7-16)19(23)27/h4-9,17-18H,2,10-12H2,1,3H3,(H2,23,27)/b13-8+,24-9-. The molecule has 2 aliphatic rings. The Bertz CT molecular complexity index is 795. The van der Waals surface area contributed by atoms with Crippen LogP contribution in [0.2, 0.25) is 0 Å². The largest absolute Gasteiger partial charge is 0.366 e. The number of carbonyl (C=O) groups excluding carboxylic acids is 1. The van der Waals surface area contributed by atoms with Crippen LogP contribution in [0.25, 0.3) is 0 Å². The fourth-order valence-corrected chi connectivity index (χ4v) is 3.57. The highest BCUT2D eigenvalue weighted by molar-refractivity contribution is 5.93. The number of alkyl halides is 2. The van der Waals surface area contributed by atoms with E-state index in [9.17, 15) is 13.6 Å². The molecule has 2 unspecified atom stereocenters. The van der Waals surface area contributed by atoms with E-state index in [0.717, 1.165) is 32.1 Å². The summed E-state index contributed by atoms with van der Waals surface area (Å²) in [5, 5.41) is 0. The van der Waals surface area contributed by atoms with E-state index in [4.69, 9.17) is 5.73 Å². The Kier molecular flexibility index (Phi) is 5.04. The van der Waals surface area contributed by atoms with E-state index in [1.165, 1.54) is 19.2 Å². The van der Waals surface area contributed by atoms with Crippen molar-refractivity contribution in [1.82, 2.24) is 4.90 Å². The number of halogens is 2. The lowest BCUT2D eigenvalue weighted by molar-refractivity contribution is 0.0637. The summed E-state index contributed by atoms with van der Waals surface area (Å²) in [6, 6.07) is 7.92. The first-order chi connectivity index (χ1) is 12.7. The Labute approximate surface area is 157 Å². The quantitative estimate of drug-likeness (QED) is 0.778. The van der Waals surface area contributed by atoms with Gasteiger partial charge in [-0.3, -0.25) is 4.79 Å². The van der Waals surface area contributed by atoms with Gasteiger partial charge in [0, 0.05) is 49.6 Å². The van der Waals surface area contributed by atoms with Gasteiger partial charge < -0.3 is 15.5 Å². The lowest BCUT2D eigenvalue weighted by atomic mass is 10.1. The minimum atomic E-state index is -2.84. The van der Waals surface area contributed by atoms with Crippen molar-refractivity contribution < 1.29 is 13.6 Å². The van der Waals surface area contributed by atoms with Crippen molar-refractivity contribution in [3.8, 4) is 0 Å². The van der Waals surface area contributed by atoms with Gasteiger partial charge in [-0.05, 0) is 49.3 Å². The van der Waals surface area contributed by atoms with Gasteiger partial charge in [-0.25, -0.2) is 13.8 Å². The molecule has 0 saturated carbocycles. The molecule has 2 fully saturated rings. The molecule has 27 heavy (non-hydrogen) atoms. The van der Waals surface area contributed by atoms with Crippen LogP contribution in [0.5, 0.6) is 0 Å². The number of nitrogens with two attached hydrogens (primary N) is 1. The van der Waals surface area contributed by atoms with Gasteiger partial charge in [-0.2, -0.15) is 0 Å². The minimum absolute atomic E-state index is 0.0347. The van der Waals surface area contributed by atoms with Crippen LogP contribution in [0.15, 0.2) is 53.3 Å². The number of allylic oxidation sites excluding steroid dienone is 2. The average molecular weight is 374 g/mol. The number of rotatable bonds is 6. The Morgan fingerprint density at radius 3 is 2.48 bits per heavy atom. The summed E-state index contributed by atoms with van der Waals surface area (Å²) >= 11 is 0. The van der Waals surface area contributed by atoms with E-state index in [1.807, 2.05) is 12.1 Å². The van der Waals surface area contributed by atoms with Crippen molar-refractivity contribution in [3.05, 3.63) is 53.9 Å². The summed E-state index contributed by atoms with van der Waals surface area (Å²) < 4.78 is 26.3. The van der Waals surface area contributed by atoms with Crippen LogP contribution in [0.3, 0.4) is 0 Å². The number of hydrogen-bond acceptors (Lipinski definition) is 4. The van der Waals surface area contributed by atoms with Crippen molar-refractivity contribution in [2.75, 3.05) is 18.0 Å². The number of hydrogen-bond donors (Lipinski definition) is 1. The van der Waals surface area contributed by atoms with E-state index in [1.54, 1.807) is 12.1 Å². The number of benzene rings is 1. The van der Waals surface area contributed by atoms with Crippen LogP contribution in [-0.2, 0) is 0 Å². The van der Waals surface area contributed by atoms with E-state index in [-0.39, 0.29) is 11.6 Å². The van der Waals surface area contributed by atoms with E-state index in [2.05, 4.69) is 21.4 Å². The Balaban J connectivity index is 1.61. The Morgan fingerprint density at radius 1 is 1.30 bits per heavy atom. The second-order valence-corrected chi connectivity index (χ2v) is 7.19. The molecule has 2 N–H and O–H groups in total. The van der Waals surface area contributed by atoms with E-state index in [0.29, 0.717) is 17.4 Å². The molecule has 2 heterocycles. The molecule has 0 spiro atoms. The molecular formula is C20H24F2N4O. The molecule has 2 aliphatic heterocycles. The third-order valence-corrected chi connectivity index (χ3v) is 5.30. The average Bonchev–Trinajstić information content (AvgIpc) is 3.21. The van der Waals surface area contributed by atoms with Crippen molar-refractivity contribution in [2.45, 2.75) is 38.3 Å². The normalized spacial score (nSPS) is 22.7. The highest BCUT2D eigenvalue weighted by atomic mass is 19.3. The van der Waals surface area contributed by atoms with Crippen LogP contribution < -0.4 is 10.6 Å². The van der Waals surface area contributed by atoms with Gasteiger partial charge in [0.15, 0.2) is 0 Å². The Morgan fingerprint density at radius 2 is 1.96 bits per heavy atom. The molecule has 2 atom stereocenters. The first-order valence-corrected chi connectivity index (χ1v) is 8.88. The predicted octanol–water partition coefficient (Wildman–Crippen LogP) is 3.19. The molecule has 2 bridgehead atoms. The first-order valence-electron chi connectivity index (χ1n) is 8.88. The van der Waals surface area contributed by atoms with Gasteiger partial charge in [0.25, 0.3) is 5.92 Å². The molecule has 1 aromatic carbocycles. The number of amides is 1. The summed E-state index contributed by atoms with van der Waals surface area (Å²) in [6.45, 7) is 7.85. The van der Waals surface area contributed by atoms with Gasteiger partial charge in [-0.15, -0.1) is 0 Å². The second kappa shape index (κ2) is 7.13. The number of carbonyl (C=O) groups is 1. The van der Waals surface area contributed by atoms with Crippen LogP contribution in [0, 0.1) is 0 Å². The van der Waals surface area contributed by atoms with Crippen LogP contribution in [0.4, 0.5) is 14.5 Å². The third-order valence-electron chi connectivity index (χ3n) is 5.30. The smallest absolute Gasteiger partial charge is 0.266 e. The minimum Gasteiger partial charge on any atom is -0.366 e. The Hall–Kier alpha value is -2.70. The molecule has 1 amide bonds. The van der Waals surface area contributed by atoms with Crippen molar-refractivity contribution in [2.24, 2.45) is 10.7 Å². The number of aliphatic imine (C=N–C) groups is 1. The number of fused-ring (bicyclic) bond motifs is 2. The van der Waals surface area contributed by atoms with Gasteiger partial charge in [0.2, 0.25) is 5.91 Å². The van der Waals surface area contributed by atoms with E-state index >= 15 is 0 Å². The highest BCUT2D eigenvalue weighted by Gasteiger charge is 2.43.